The van der Waals surface area contributed by atoms with E-state index in [1.807, 2.05) is 18.2 Å². The largest absolute Gasteiger partial charge is 0.448 e. The van der Waals surface area contributed by atoms with Gasteiger partial charge in [0, 0.05) is 17.1 Å². The van der Waals surface area contributed by atoms with Crippen LogP contribution >= 0.6 is 11.6 Å². The highest BCUT2D eigenvalue weighted by Gasteiger charge is 2.24. The number of hydrogen-bond acceptors (Lipinski definition) is 5. The highest BCUT2D eigenvalue weighted by atomic mass is 35.5. The first-order chi connectivity index (χ1) is 15.0. The SMILES string of the molecule is O=C(Cn1cnc2c(oc3ccccc32)c1=O)Nc1ccc(C(=O)NC2CC2)c(Cl)c1. The van der Waals surface area contributed by atoms with Crippen molar-refractivity contribution in [3.8, 4) is 0 Å². The van der Waals surface area contributed by atoms with E-state index in [1.54, 1.807) is 18.2 Å². The summed E-state index contributed by atoms with van der Waals surface area (Å²) in [6.07, 6.45) is 3.28. The van der Waals surface area contributed by atoms with Gasteiger partial charge in [0.15, 0.2) is 0 Å². The first-order valence-corrected chi connectivity index (χ1v) is 10.1. The number of furan rings is 1. The third-order valence-corrected chi connectivity index (χ3v) is 5.39. The summed E-state index contributed by atoms with van der Waals surface area (Å²) in [6.45, 7) is -0.250. The van der Waals surface area contributed by atoms with Gasteiger partial charge in [0.05, 0.1) is 16.9 Å². The van der Waals surface area contributed by atoms with Crippen LogP contribution in [0.3, 0.4) is 0 Å². The van der Waals surface area contributed by atoms with Gasteiger partial charge in [-0.3, -0.25) is 19.0 Å². The number of hydrogen-bond donors (Lipinski definition) is 2. The van der Waals surface area contributed by atoms with Gasteiger partial charge in [-0.2, -0.15) is 0 Å². The highest BCUT2D eigenvalue weighted by molar-refractivity contribution is 6.34. The maximum absolute atomic E-state index is 12.7. The summed E-state index contributed by atoms with van der Waals surface area (Å²) in [6, 6.07) is 12.1. The van der Waals surface area contributed by atoms with Crippen LogP contribution in [0, 0.1) is 0 Å². The van der Waals surface area contributed by atoms with E-state index in [1.165, 1.54) is 17.0 Å². The summed E-state index contributed by atoms with van der Waals surface area (Å²) >= 11 is 6.21. The van der Waals surface area contributed by atoms with Crippen LogP contribution in [0.2, 0.25) is 5.02 Å². The van der Waals surface area contributed by atoms with Crippen LogP contribution in [0.5, 0.6) is 0 Å². The number of para-hydroxylation sites is 1. The van der Waals surface area contributed by atoms with Crippen molar-refractivity contribution < 1.29 is 14.0 Å². The molecular formula is C22H17ClN4O4. The van der Waals surface area contributed by atoms with E-state index in [4.69, 9.17) is 16.0 Å². The molecule has 0 atom stereocenters. The Labute approximate surface area is 180 Å². The zero-order valence-electron chi connectivity index (χ0n) is 16.2. The molecule has 5 rings (SSSR count). The molecule has 1 fully saturated rings. The molecule has 1 saturated carbocycles. The number of nitrogens with zero attached hydrogens (tertiary/aromatic N) is 2. The zero-order chi connectivity index (χ0) is 21.5. The molecule has 2 aromatic carbocycles. The van der Waals surface area contributed by atoms with Gasteiger partial charge in [-0.05, 0) is 43.2 Å². The molecule has 9 heteroatoms. The second-order valence-corrected chi connectivity index (χ2v) is 7.85. The predicted molar refractivity (Wildman–Crippen MR) is 116 cm³/mol. The molecule has 31 heavy (non-hydrogen) atoms. The molecule has 2 aromatic heterocycles. The fourth-order valence-electron chi connectivity index (χ4n) is 3.35. The Bertz CT molecular complexity index is 1400. The summed E-state index contributed by atoms with van der Waals surface area (Å²) < 4.78 is 6.80. The Kier molecular flexibility index (Phi) is 4.71. The molecule has 1 aliphatic rings. The lowest BCUT2D eigenvalue weighted by Crippen LogP contribution is -2.28. The third-order valence-electron chi connectivity index (χ3n) is 5.07. The average Bonchev–Trinajstić information content (AvgIpc) is 3.47. The van der Waals surface area contributed by atoms with Gasteiger partial charge < -0.3 is 15.1 Å². The minimum Gasteiger partial charge on any atom is -0.448 e. The molecule has 1 aliphatic carbocycles. The summed E-state index contributed by atoms with van der Waals surface area (Å²) in [7, 11) is 0. The molecule has 0 spiro atoms. The van der Waals surface area contributed by atoms with Crippen LogP contribution in [0.15, 0.2) is 58.0 Å². The summed E-state index contributed by atoms with van der Waals surface area (Å²) in [4.78, 5) is 41.7. The minimum atomic E-state index is -0.443. The van der Waals surface area contributed by atoms with E-state index in [9.17, 15) is 14.4 Å². The molecule has 8 nitrogen and oxygen atoms in total. The number of benzene rings is 2. The summed E-state index contributed by atoms with van der Waals surface area (Å²) in [5, 5.41) is 6.53. The van der Waals surface area contributed by atoms with Crippen LogP contribution in [0.25, 0.3) is 22.1 Å². The van der Waals surface area contributed by atoms with Gasteiger partial charge in [0.25, 0.3) is 11.5 Å². The van der Waals surface area contributed by atoms with Gasteiger partial charge in [-0.1, -0.05) is 23.7 Å². The smallest absolute Gasteiger partial charge is 0.297 e. The Hall–Kier alpha value is -3.65. The Balaban J connectivity index is 1.33. The summed E-state index contributed by atoms with van der Waals surface area (Å²) in [5.41, 5.74) is 1.45. The molecule has 0 aliphatic heterocycles. The monoisotopic (exact) mass is 436 g/mol. The lowest BCUT2D eigenvalue weighted by Gasteiger charge is -2.10. The number of amides is 2. The van der Waals surface area contributed by atoms with Crippen LogP contribution in [-0.2, 0) is 11.3 Å². The Morgan fingerprint density at radius 1 is 1.19 bits per heavy atom. The van der Waals surface area contributed by atoms with Crippen molar-refractivity contribution in [2.45, 2.75) is 25.4 Å². The van der Waals surface area contributed by atoms with E-state index in [-0.39, 0.29) is 29.1 Å². The maximum Gasteiger partial charge on any atom is 0.297 e. The molecule has 2 N–H and O–H groups in total. The van der Waals surface area contributed by atoms with Crippen molar-refractivity contribution in [1.29, 1.82) is 0 Å². The first kappa shape index (κ1) is 19.3. The van der Waals surface area contributed by atoms with E-state index >= 15 is 0 Å². The Morgan fingerprint density at radius 3 is 2.77 bits per heavy atom. The average molecular weight is 437 g/mol. The molecule has 2 heterocycles. The van der Waals surface area contributed by atoms with Crippen molar-refractivity contribution in [3.05, 3.63) is 69.7 Å². The quantitative estimate of drug-likeness (QED) is 0.499. The molecule has 2 amide bonds. The topological polar surface area (TPSA) is 106 Å². The van der Waals surface area contributed by atoms with Crippen molar-refractivity contribution >= 4 is 51.2 Å². The second kappa shape index (κ2) is 7.55. The first-order valence-electron chi connectivity index (χ1n) is 9.76. The van der Waals surface area contributed by atoms with Crippen molar-refractivity contribution in [2.24, 2.45) is 0 Å². The standard InChI is InChI=1S/C22H17ClN4O4/c23-16-9-13(7-8-14(16)21(29)26-12-5-6-12)25-18(28)10-27-11-24-19-15-3-1-2-4-17(15)31-20(19)22(27)30/h1-4,7-9,11-12H,5-6,10H2,(H,25,28)(H,26,29). The zero-order valence-corrected chi connectivity index (χ0v) is 17.0. The summed E-state index contributed by atoms with van der Waals surface area (Å²) in [5.74, 6) is -0.673. The number of halogens is 1. The van der Waals surface area contributed by atoms with E-state index in [0.29, 0.717) is 22.4 Å². The van der Waals surface area contributed by atoms with Crippen LogP contribution in [0.1, 0.15) is 23.2 Å². The van der Waals surface area contributed by atoms with Gasteiger partial charge in [0.2, 0.25) is 11.5 Å². The highest BCUT2D eigenvalue weighted by Crippen LogP contribution is 2.25. The van der Waals surface area contributed by atoms with Gasteiger partial charge in [-0.15, -0.1) is 0 Å². The van der Waals surface area contributed by atoms with Crippen LogP contribution < -0.4 is 16.2 Å². The molecule has 0 radical (unpaired) electrons. The normalized spacial score (nSPS) is 13.5. The number of carbonyl (C=O) groups excluding carboxylic acids is 2. The molecule has 0 saturated heterocycles. The van der Waals surface area contributed by atoms with Gasteiger partial charge in [0.1, 0.15) is 17.6 Å². The van der Waals surface area contributed by atoms with Crippen molar-refractivity contribution in [1.82, 2.24) is 14.9 Å². The number of rotatable bonds is 5. The molecule has 156 valence electrons. The van der Waals surface area contributed by atoms with Crippen molar-refractivity contribution in [3.63, 3.8) is 0 Å². The predicted octanol–water partition coefficient (Wildman–Crippen LogP) is 3.33. The lowest BCUT2D eigenvalue weighted by molar-refractivity contribution is -0.116. The number of anilines is 1. The molecule has 0 bridgehead atoms. The fourth-order valence-corrected chi connectivity index (χ4v) is 3.62. The number of aromatic nitrogens is 2. The molecular weight excluding hydrogens is 420 g/mol. The lowest BCUT2D eigenvalue weighted by atomic mass is 10.2. The van der Waals surface area contributed by atoms with Gasteiger partial charge in [-0.25, -0.2) is 4.98 Å². The van der Waals surface area contributed by atoms with Gasteiger partial charge >= 0.3 is 0 Å². The number of fused-ring (bicyclic) bond motifs is 3. The number of carbonyl (C=O) groups is 2. The number of nitrogens with one attached hydrogen (secondary N) is 2. The second-order valence-electron chi connectivity index (χ2n) is 7.44. The van der Waals surface area contributed by atoms with Crippen molar-refractivity contribution in [2.75, 3.05) is 5.32 Å². The van der Waals surface area contributed by atoms with Crippen LogP contribution in [0.4, 0.5) is 5.69 Å². The third kappa shape index (κ3) is 3.77. The van der Waals surface area contributed by atoms with E-state index in [0.717, 1.165) is 18.2 Å². The minimum absolute atomic E-state index is 0.102. The van der Waals surface area contributed by atoms with Crippen LogP contribution in [-0.4, -0.2) is 27.4 Å². The van der Waals surface area contributed by atoms with E-state index in [2.05, 4.69) is 15.6 Å². The molecule has 4 aromatic rings. The Morgan fingerprint density at radius 2 is 2.00 bits per heavy atom. The molecule has 0 unspecified atom stereocenters. The van der Waals surface area contributed by atoms with E-state index < -0.39 is 11.5 Å². The maximum atomic E-state index is 12.7. The fraction of sp³-hybridized carbons (Fsp3) is 0.182.